The molecule has 5 heteroatoms. The van der Waals surface area contributed by atoms with Gasteiger partial charge < -0.3 is 5.32 Å². The van der Waals surface area contributed by atoms with E-state index in [1.54, 1.807) is 12.1 Å². The van der Waals surface area contributed by atoms with Gasteiger partial charge in [0.25, 0.3) is 5.69 Å². The average Bonchev–Trinajstić information content (AvgIpc) is 2.04. The van der Waals surface area contributed by atoms with Gasteiger partial charge in [-0.05, 0) is 41.6 Å². The van der Waals surface area contributed by atoms with Crippen LogP contribution in [0.4, 0.5) is 11.4 Å². The molecule has 0 aliphatic carbocycles. The smallest absolute Gasteiger partial charge is 0.282 e. The van der Waals surface area contributed by atoms with Gasteiger partial charge in [-0.15, -0.1) is 0 Å². The molecule has 0 aliphatic heterocycles. The number of nitro groups is 1. The first-order valence-electron chi connectivity index (χ1n) is 3.83. The minimum absolute atomic E-state index is 0.155. The van der Waals surface area contributed by atoms with Crippen molar-refractivity contribution in [3.05, 3.63) is 31.9 Å². The molecule has 0 amide bonds. The molecule has 0 aliphatic rings. The van der Waals surface area contributed by atoms with Gasteiger partial charge in [0.2, 0.25) is 0 Å². The Morgan fingerprint density at radius 2 is 2.31 bits per heavy atom. The summed E-state index contributed by atoms with van der Waals surface area (Å²) in [6.45, 7) is 2.79. The van der Waals surface area contributed by atoms with Crippen LogP contribution in [0.3, 0.4) is 0 Å². The number of nitrogens with zero attached hydrogens (tertiary/aromatic N) is 1. The van der Waals surface area contributed by atoms with Crippen LogP contribution in [0.1, 0.15) is 6.92 Å². The van der Waals surface area contributed by atoms with Gasteiger partial charge in [0.1, 0.15) is 0 Å². The van der Waals surface area contributed by atoms with E-state index in [1.807, 2.05) is 29.5 Å². The SMILES string of the molecule is CCNc1ccc([N+](=O)[O-])c(I)c1. The molecule has 0 spiro atoms. The van der Waals surface area contributed by atoms with Gasteiger partial charge in [-0.3, -0.25) is 10.1 Å². The standard InChI is InChI=1S/C8H9IN2O2/c1-2-10-6-3-4-8(11(12)13)7(9)5-6/h3-5,10H,2H2,1H3. The molecule has 1 aromatic carbocycles. The Morgan fingerprint density at radius 3 is 2.77 bits per heavy atom. The van der Waals surface area contributed by atoms with Crippen molar-refractivity contribution in [3.63, 3.8) is 0 Å². The van der Waals surface area contributed by atoms with Gasteiger partial charge in [0, 0.05) is 18.3 Å². The zero-order valence-electron chi connectivity index (χ0n) is 7.08. The van der Waals surface area contributed by atoms with Crippen molar-refractivity contribution in [2.75, 3.05) is 11.9 Å². The summed E-state index contributed by atoms with van der Waals surface area (Å²) in [5, 5.41) is 13.6. The van der Waals surface area contributed by atoms with Crippen LogP contribution >= 0.6 is 22.6 Å². The molecule has 0 heterocycles. The Kier molecular flexibility index (Phi) is 3.47. The molecule has 1 N–H and O–H groups in total. The third-order valence-corrected chi connectivity index (χ3v) is 2.39. The van der Waals surface area contributed by atoms with E-state index in [-0.39, 0.29) is 10.6 Å². The number of benzene rings is 1. The molecule has 4 nitrogen and oxygen atoms in total. The van der Waals surface area contributed by atoms with E-state index in [0.717, 1.165) is 12.2 Å². The fourth-order valence-electron chi connectivity index (χ4n) is 0.969. The predicted molar refractivity (Wildman–Crippen MR) is 60.0 cm³/mol. The van der Waals surface area contributed by atoms with Crippen LogP contribution < -0.4 is 5.32 Å². The quantitative estimate of drug-likeness (QED) is 0.529. The predicted octanol–water partition coefficient (Wildman–Crippen LogP) is 2.63. The highest BCUT2D eigenvalue weighted by atomic mass is 127. The maximum absolute atomic E-state index is 10.5. The second-order valence-electron chi connectivity index (χ2n) is 2.45. The minimum atomic E-state index is -0.377. The Balaban J connectivity index is 2.98. The Labute approximate surface area is 89.6 Å². The molecule has 0 aromatic heterocycles. The van der Waals surface area contributed by atoms with E-state index in [1.165, 1.54) is 6.07 Å². The third-order valence-electron chi connectivity index (χ3n) is 1.53. The summed E-state index contributed by atoms with van der Waals surface area (Å²) >= 11 is 1.96. The summed E-state index contributed by atoms with van der Waals surface area (Å²) in [5.41, 5.74) is 1.07. The molecule has 0 radical (unpaired) electrons. The number of halogens is 1. The molecule has 1 rings (SSSR count). The van der Waals surface area contributed by atoms with E-state index >= 15 is 0 Å². The summed E-state index contributed by atoms with van der Waals surface area (Å²) in [7, 11) is 0. The van der Waals surface area contributed by atoms with Crippen molar-refractivity contribution >= 4 is 34.0 Å². The third kappa shape index (κ3) is 2.55. The molecule has 0 atom stereocenters. The van der Waals surface area contributed by atoms with Crippen LogP contribution in [0, 0.1) is 13.7 Å². The summed E-state index contributed by atoms with van der Waals surface area (Å²) in [5.74, 6) is 0. The summed E-state index contributed by atoms with van der Waals surface area (Å²) in [6.07, 6.45) is 0. The highest BCUT2D eigenvalue weighted by Crippen LogP contribution is 2.23. The number of rotatable bonds is 3. The number of hydrogen-bond acceptors (Lipinski definition) is 3. The van der Waals surface area contributed by atoms with Gasteiger partial charge in [-0.1, -0.05) is 0 Å². The van der Waals surface area contributed by atoms with Crippen LogP contribution in [-0.4, -0.2) is 11.5 Å². The molecule has 0 bridgehead atoms. The second-order valence-corrected chi connectivity index (χ2v) is 3.62. The van der Waals surface area contributed by atoms with E-state index in [0.29, 0.717) is 3.57 Å². The van der Waals surface area contributed by atoms with Crippen LogP contribution in [0.15, 0.2) is 18.2 Å². The fraction of sp³-hybridized carbons (Fsp3) is 0.250. The number of anilines is 1. The Hall–Kier alpha value is -0.850. The summed E-state index contributed by atoms with van der Waals surface area (Å²) in [6, 6.07) is 4.99. The Bertz CT molecular complexity index is 328. The maximum Gasteiger partial charge on any atom is 0.282 e. The lowest BCUT2D eigenvalue weighted by molar-refractivity contribution is -0.385. The van der Waals surface area contributed by atoms with Crippen molar-refractivity contribution in [2.45, 2.75) is 6.92 Å². The van der Waals surface area contributed by atoms with Crippen molar-refractivity contribution in [1.29, 1.82) is 0 Å². The van der Waals surface area contributed by atoms with Crippen LogP contribution in [0.2, 0.25) is 0 Å². The largest absolute Gasteiger partial charge is 0.385 e. The lowest BCUT2D eigenvalue weighted by Crippen LogP contribution is -1.98. The first-order valence-corrected chi connectivity index (χ1v) is 4.91. The Morgan fingerprint density at radius 1 is 1.62 bits per heavy atom. The first-order chi connectivity index (χ1) is 6.15. The molecule has 0 fully saturated rings. The molecule has 13 heavy (non-hydrogen) atoms. The molecule has 0 saturated heterocycles. The maximum atomic E-state index is 10.5. The average molecular weight is 292 g/mol. The van der Waals surface area contributed by atoms with E-state index < -0.39 is 0 Å². The monoisotopic (exact) mass is 292 g/mol. The normalized spacial score (nSPS) is 9.69. The summed E-state index contributed by atoms with van der Waals surface area (Å²) in [4.78, 5) is 10.1. The number of nitrogens with one attached hydrogen (secondary N) is 1. The molecule has 70 valence electrons. The van der Waals surface area contributed by atoms with Crippen molar-refractivity contribution in [1.82, 2.24) is 0 Å². The lowest BCUT2D eigenvalue weighted by atomic mass is 10.3. The first kappa shape index (κ1) is 10.2. The minimum Gasteiger partial charge on any atom is -0.385 e. The zero-order chi connectivity index (χ0) is 9.84. The van der Waals surface area contributed by atoms with Crippen LogP contribution in [-0.2, 0) is 0 Å². The van der Waals surface area contributed by atoms with E-state index in [2.05, 4.69) is 5.32 Å². The molecule has 0 saturated carbocycles. The molecular weight excluding hydrogens is 283 g/mol. The second kappa shape index (κ2) is 4.40. The number of hydrogen-bond donors (Lipinski definition) is 1. The van der Waals surface area contributed by atoms with Crippen LogP contribution in [0.5, 0.6) is 0 Å². The van der Waals surface area contributed by atoms with Gasteiger partial charge >= 0.3 is 0 Å². The van der Waals surface area contributed by atoms with Crippen molar-refractivity contribution in [2.24, 2.45) is 0 Å². The fourth-order valence-corrected chi connectivity index (χ4v) is 1.68. The highest BCUT2D eigenvalue weighted by molar-refractivity contribution is 14.1. The van der Waals surface area contributed by atoms with Gasteiger partial charge in [0.15, 0.2) is 0 Å². The van der Waals surface area contributed by atoms with Crippen LogP contribution in [0.25, 0.3) is 0 Å². The topological polar surface area (TPSA) is 55.2 Å². The molecule has 1 aromatic rings. The van der Waals surface area contributed by atoms with Gasteiger partial charge in [-0.25, -0.2) is 0 Å². The highest BCUT2D eigenvalue weighted by Gasteiger charge is 2.10. The molecular formula is C8H9IN2O2. The van der Waals surface area contributed by atoms with E-state index in [4.69, 9.17) is 0 Å². The van der Waals surface area contributed by atoms with E-state index in [9.17, 15) is 10.1 Å². The molecule has 0 unspecified atom stereocenters. The number of nitro benzene ring substituents is 1. The summed E-state index contributed by atoms with van der Waals surface area (Å²) < 4.78 is 0.654. The van der Waals surface area contributed by atoms with Crippen molar-refractivity contribution in [3.8, 4) is 0 Å². The zero-order valence-corrected chi connectivity index (χ0v) is 9.24. The van der Waals surface area contributed by atoms with Gasteiger partial charge in [0.05, 0.1) is 8.49 Å². The van der Waals surface area contributed by atoms with Gasteiger partial charge in [-0.2, -0.15) is 0 Å². The van der Waals surface area contributed by atoms with Crippen molar-refractivity contribution < 1.29 is 4.92 Å². The lowest BCUT2D eigenvalue weighted by Gasteiger charge is -2.02.